The molecule has 104 valence electrons. The van der Waals surface area contributed by atoms with Gasteiger partial charge in [-0.25, -0.2) is 8.78 Å². The van der Waals surface area contributed by atoms with E-state index in [4.69, 9.17) is 0 Å². The van der Waals surface area contributed by atoms with Gasteiger partial charge in [-0.3, -0.25) is 10.1 Å². The Morgan fingerprint density at radius 2 is 1.80 bits per heavy atom. The maximum atomic E-state index is 13.2. The van der Waals surface area contributed by atoms with Crippen molar-refractivity contribution in [3.63, 3.8) is 0 Å². The van der Waals surface area contributed by atoms with Crippen molar-refractivity contribution in [3.05, 3.63) is 68.2 Å². The van der Waals surface area contributed by atoms with Crippen molar-refractivity contribution < 1.29 is 13.7 Å². The minimum absolute atomic E-state index is 0.0539. The molecular weight excluding hydrogens is 334 g/mol. The van der Waals surface area contributed by atoms with Crippen LogP contribution in [0.25, 0.3) is 0 Å². The highest BCUT2D eigenvalue weighted by Crippen LogP contribution is 2.25. The molecule has 2 aromatic carbocycles. The Morgan fingerprint density at radius 1 is 1.15 bits per heavy atom. The number of anilines is 1. The Hall–Kier alpha value is -2.02. The van der Waals surface area contributed by atoms with Gasteiger partial charge in [0.25, 0.3) is 5.69 Å². The molecule has 1 N–H and O–H groups in total. The van der Waals surface area contributed by atoms with Gasteiger partial charge in [0.2, 0.25) is 0 Å². The van der Waals surface area contributed by atoms with Crippen molar-refractivity contribution in [2.45, 2.75) is 6.54 Å². The lowest BCUT2D eigenvalue weighted by molar-refractivity contribution is -0.385. The Labute approximate surface area is 121 Å². The van der Waals surface area contributed by atoms with Gasteiger partial charge in [0.1, 0.15) is 11.6 Å². The summed E-state index contributed by atoms with van der Waals surface area (Å²) in [6.45, 7) is 0.0539. The van der Waals surface area contributed by atoms with Gasteiger partial charge in [-0.15, -0.1) is 0 Å². The summed E-state index contributed by atoms with van der Waals surface area (Å²) >= 11 is 3.17. The summed E-state index contributed by atoms with van der Waals surface area (Å²) in [7, 11) is 0. The van der Waals surface area contributed by atoms with E-state index in [-0.39, 0.29) is 17.8 Å². The zero-order valence-electron chi connectivity index (χ0n) is 10.1. The van der Waals surface area contributed by atoms with Crippen LogP contribution in [0.4, 0.5) is 20.2 Å². The van der Waals surface area contributed by atoms with Gasteiger partial charge in [-0.1, -0.05) is 0 Å². The number of nitrogens with one attached hydrogen (secondary N) is 1. The van der Waals surface area contributed by atoms with Gasteiger partial charge < -0.3 is 5.32 Å². The van der Waals surface area contributed by atoms with E-state index in [9.17, 15) is 18.9 Å². The minimum Gasteiger partial charge on any atom is -0.380 e. The molecule has 0 saturated heterocycles. The van der Waals surface area contributed by atoms with Crippen molar-refractivity contribution in [2.24, 2.45) is 0 Å². The van der Waals surface area contributed by atoms with Crippen LogP contribution in [0.5, 0.6) is 0 Å². The zero-order valence-corrected chi connectivity index (χ0v) is 11.7. The normalized spacial score (nSPS) is 10.3. The lowest BCUT2D eigenvalue weighted by Gasteiger charge is -2.09. The van der Waals surface area contributed by atoms with Crippen molar-refractivity contribution in [2.75, 3.05) is 5.32 Å². The first-order valence-electron chi connectivity index (χ1n) is 5.59. The maximum absolute atomic E-state index is 13.2. The number of hydrogen-bond donors (Lipinski definition) is 1. The summed E-state index contributed by atoms with van der Waals surface area (Å²) in [6.07, 6.45) is 0. The molecule has 0 heterocycles. The molecule has 0 aliphatic carbocycles. The summed E-state index contributed by atoms with van der Waals surface area (Å²) in [6, 6.07) is 7.27. The van der Waals surface area contributed by atoms with Crippen LogP contribution in [0.15, 0.2) is 40.9 Å². The van der Waals surface area contributed by atoms with Crippen LogP contribution in [-0.2, 0) is 6.54 Å². The molecule has 0 unspecified atom stereocenters. The van der Waals surface area contributed by atoms with E-state index < -0.39 is 16.6 Å². The fourth-order valence-electron chi connectivity index (χ4n) is 1.70. The van der Waals surface area contributed by atoms with Crippen LogP contribution in [0.2, 0.25) is 0 Å². The van der Waals surface area contributed by atoms with Gasteiger partial charge >= 0.3 is 0 Å². The standard InChI is InChI=1S/C13H9BrF2N2O2/c14-11-6-10(16)1-3-12(11)17-7-8-5-9(15)2-4-13(8)18(19)20/h1-6,17H,7H2. The molecule has 0 spiro atoms. The number of rotatable bonds is 4. The summed E-state index contributed by atoms with van der Waals surface area (Å²) in [5, 5.41) is 13.7. The molecule has 0 aliphatic rings. The molecule has 0 saturated carbocycles. The van der Waals surface area contributed by atoms with Gasteiger partial charge in [0.05, 0.1) is 10.5 Å². The molecule has 0 fully saturated rings. The lowest BCUT2D eigenvalue weighted by atomic mass is 10.1. The molecule has 20 heavy (non-hydrogen) atoms. The van der Waals surface area contributed by atoms with Gasteiger partial charge in [0, 0.05) is 22.8 Å². The zero-order chi connectivity index (χ0) is 14.7. The quantitative estimate of drug-likeness (QED) is 0.667. The number of halogens is 3. The largest absolute Gasteiger partial charge is 0.380 e. The smallest absolute Gasteiger partial charge is 0.274 e. The summed E-state index contributed by atoms with van der Waals surface area (Å²) in [5.74, 6) is -0.954. The Kier molecular flexibility index (Phi) is 4.29. The van der Waals surface area contributed by atoms with Crippen molar-refractivity contribution >= 4 is 27.3 Å². The van der Waals surface area contributed by atoms with E-state index >= 15 is 0 Å². The van der Waals surface area contributed by atoms with Crippen LogP contribution in [0.3, 0.4) is 0 Å². The highest BCUT2D eigenvalue weighted by Gasteiger charge is 2.14. The Morgan fingerprint density at radius 3 is 2.45 bits per heavy atom. The molecule has 0 atom stereocenters. The van der Waals surface area contributed by atoms with Crippen LogP contribution in [0, 0.1) is 21.7 Å². The van der Waals surface area contributed by atoms with Gasteiger partial charge in [-0.05, 0) is 46.3 Å². The van der Waals surface area contributed by atoms with E-state index in [0.29, 0.717) is 10.2 Å². The highest BCUT2D eigenvalue weighted by atomic mass is 79.9. The van der Waals surface area contributed by atoms with Crippen molar-refractivity contribution in [1.82, 2.24) is 0 Å². The fourth-order valence-corrected chi connectivity index (χ4v) is 2.19. The molecule has 0 bridgehead atoms. The Balaban J connectivity index is 2.22. The Bertz CT molecular complexity index is 665. The lowest BCUT2D eigenvalue weighted by Crippen LogP contribution is -2.04. The number of hydrogen-bond acceptors (Lipinski definition) is 3. The second-order valence-corrected chi connectivity index (χ2v) is 4.86. The maximum Gasteiger partial charge on any atom is 0.274 e. The van der Waals surface area contributed by atoms with Crippen LogP contribution >= 0.6 is 15.9 Å². The minimum atomic E-state index is -0.573. The first-order chi connectivity index (χ1) is 9.47. The monoisotopic (exact) mass is 342 g/mol. The SMILES string of the molecule is O=[N+]([O-])c1ccc(F)cc1CNc1ccc(F)cc1Br. The molecule has 2 aromatic rings. The molecule has 7 heteroatoms. The molecule has 4 nitrogen and oxygen atoms in total. The second-order valence-electron chi connectivity index (χ2n) is 4.01. The average molecular weight is 343 g/mol. The van der Waals surface area contributed by atoms with Crippen molar-refractivity contribution in [3.8, 4) is 0 Å². The summed E-state index contributed by atoms with van der Waals surface area (Å²) < 4.78 is 26.6. The van der Waals surface area contributed by atoms with E-state index in [1.807, 2.05) is 0 Å². The third kappa shape index (κ3) is 3.30. The number of nitrogens with zero attached hydrogens (tertiary/aromatic N) is 1. The molecule has 0 aliphatic heterocycles. The number of nitro benzene ring substituents is 1. The highest BCUT2D eigenvalue weighted by molar-refractivity contribution is 9.10. The number of nitro groups is 1. The van der Waals surface area contributed by atoms with Crippen LogP contribution in [0.1, 0.15) is 5.56 Å². The molecule has 0 amide bonds. The van der Waals surface area contributed by atoms with Gasteiger partial charge in [-0.2, -0.15) is 0 Å². The van der Waals surface area contributed by atoms with E-state index in [0.717, 1.165) is 18.2 Å². The average Bonchev–Trinajstić information content (AvgIpc) is 2.37. The molecule has 0 aromatic heterocycles. The second kappa shape index (κ2) is 5.96. The summed E-state index contributed by atoms with van der Waals surface area (Å²) in [5.41, 5.74) is 0.605. The topological polar surface area (TPSA) is 55.2 Å². The third-order valence-corrected chi connectivity index (χ3v) is 3.29. The molecule has 2 rings (SSSR count). The first-order valence-corrected chi connectivity index (χ1v) is 6.38. The predicted molar refractivity (Wildman–Crippen MR) is 74.5 cm³/mol. The fraction of sp³-hybridized carbons (Fsp3) is 0.0769. The van der Waals surface area contributed by atoms with E-state index in [1.165, 1.54) is 18.2 Å². The number of benzene rings is 2. The van der Waals surface area contributed by atoms with Crippen LogP contribution < -0.4 is 5.32 Å². The molecule has 0 radical (unpaired) electrons. The third-order valence-electron chi connectivity index (χ3n) is 2.64. The molecular formula is C13H9BrF2N2O2. The summed E-state index contributed by atoms with van der Waals surface area (Å²) in [4.78, 5) is 10.3. The van der Waals surface area contributed by atoms with E-state index in [1.54, 1.807) is 0 Å². The predicted octanol–water partition coefficient (Wildman–Crippen LogP) is 4.25. The van der Waals surface area contributed by atoms with Crippen molar-refractivity contribution in [1.29, 1.82) is 0 Å². The van der Waals surface area contributed by atoms with Crippen LogP contribution in [-0.4, -0.2) is 4.92 Å². The van der Waals surface area contributed by atoms with E-state index in [2.05, 4.69) is 21.2 Å². The van der Waals surface area contributed by atoms with Gasteiger partial charge in [0.15, 0.2) is 0 Å². The first kappa shape index (κ1) is 14.4.